The number of carboxylic acid groups (broad SMARTS) is 1. The second-order valence-electron chi connectivity index (χ2n) is 4.52. The van der Waals surface area contributed by atoms with Crippen LogP contribution in [0.4, 0.5) is 0 Å². The van der Waals surface area contributed by atoms with Crippen molar-refractivity contribution in [2.24, 2.45) is 0 Å². The molecule has 0 aliphatic rings. The SMILES string of the molecule is Cc1ccc(OC(C)(C)C)c(C(=O)O)c1. The number of hydrogen-bond acceptors (Lipinski definition) is 2. The molecule has 3 heteroatoms. The number of aromatic carboxylic acids is 1. The fourth-order valence-corrected chi connectivity index (χ4v) is 1.23. The van der Waals surface area contributed by atoms with Gasteiger partial charge in [0.2, 0.25) is 0 Å². The Bertz CT molecular complexity index is 375. The lowest BCUT2D eigenvalue weighted by Gasteiger charge is -2.22. The highest BCUT2D eigenvalue weighted by Crippen LogP contribution is 2.24. The lowest BCUT2D eigenvalue weighted by atomic mass is 10.1. The van der Waals surface area contributed by atoms with E-state index >= 15 is 0 Å². The van der Waals surface area contributed by atoms with Crippen molar-refractivity contribution < 1.29 is 14.6 Å². The van der Waals surface area contributed by atoms with Crippen molar-refractivity contribution in [2.45, 2.75) is 33.3 Å². The van der Waals surface area contributed by atoms with Crippen molar-refractivity contribution in [1.82, 2.24) is 0 Å². The molecule has 1 aromatic rings. The Kier molecular flexibility index (Phi) is 3.03. The predicted octanol–water partition coefficient (Wildman–Crippen LogP) is 2.87. The van der Waals surface area contributed by atoms with Gasteiger partial charge in [-0.1, -0.05) is 11.6 Å². The molecule has 15 heavy (non-hydrogen) atoms. The first-order chi connectivity index (χ1) is 6.79. The van der Waals surface area contributed by atoms with Crippen molar-refractivity contribution in [1.29, 1.82) is 0 Å². The van der Waals surface area contributed by atoms with Gasteiger partial charge in [-0.25, -0.2) is 4.79 Å². The zero-order valence-corrected chi connectivity index (χ0v) is 9.50. The smallest absolute Gasteiger partial charge is 0.339 e. The van der Waals surface area contributed by atoms with Crippen LogP contribution in [0.2, 0.25) is 0 Å². The van der Waals surface area contributed by atoms with E-state index in [1.54, 1.807) is 12.1 Å². The van der Waals surface area contributed by atoms with E-state index in [9.17, 15) is 4.79 Å². The largest absolute Gasteiger partial charge is 0.487 e. The second-order valence-corrected chi connectivity index (χ2v) is 4.52. The van der Waals surface area contributed by atoms with Crippen LogP contribution in [-0.4, -0.2) is 16.7 Å². The molecule has 0 radical (unpaired) electrons. The van der Waals surface area contributed by atoms with E-state index in [1.165, 1.54) is 0 Å². The van der Waals surface area contributed by atoms with Crippen LogP contribution < -0.4 is 4.74 Å². The Morgan fingerprint density at radius 2 is 1.93 bits per heavy atom. The summed E-state index contributed by atoms with van der Waals surface area (Å²) in [6, 6.07) is 5.15. The van der Waals surface area contributed by atoms with Gasteiger partial charge in [0.15, 0.2) is 0 Å². The van der Waals surface area contributed by atoms with E-state index in [-0.39, 0.29) is 11.2 Å². The van der Waals surface area contributed by atoms with Crippen molar-refractivity contribution >= 4 is 5.97 Å². The van der Waals surface area contributed by atoms with Crippen LogP contribution in [0.1, 0.15) is 36.7 Å². The minimum absolute atomic E-state index is 0.213. The lowest BCUT2D eigenvalue weighted by Crippen LogP contribution is -2.24. The molecule has 1 aromatic carbocycles. The third-order valence-corrected chi connectivity index (χ3v) is 1.78. The van der Waals surface area contributed by atoms with Gasteiger partial charge >= 0.3 is 5.97 Å². The standard InChI is InChI=1S/C12H16O3/c1-8-5-6-10(15-12(2,3)4)9(7-8)11(13)14/h5-7H,1-4H3,(H,13,14). The summed E-state index contributed by atoms with van der Waals surface area (Å²) in [5.74, 6) is -0.543. The topological polar surface area (TPSA) is 46.5 Å². The number of aryl methyl sites for hydroxylation is 1. The monoisotopic (exact) mass is 208 g/mol. The van der Waals surface area contributed by atoms with Crippen LogP contribution in [0.5, 0.6) is 5.75 Å². The number of ether oxygens (including phenoxy) is 1. The van der Waals surface area contributed by atoms with Gasteiger partial charge in [0.05, 0.1) is 0 Å². The summed E-state index contributed by atoms with van der Waals surface area (Å²) < 4.78 is 5.57. The highest BCUT2D eigenvalue weighted by Gasteiger charge is 2.17. The summed E-state index contributed by atoms with van der Waals surface area (Å²) in [5.41, 5.74) is 0.734. The van der Waals surface area contributed by atoms with Gasteiger partial charge in [-0.3, -0.25) is 0 Å². The second kappa shape index (κ2) is 3.93. The maximum atomic E-state index is 11.0. The zero-order valence-electron chi connectivity index (χ0n) is 9.50. The van der Waals surface area contributed by atoms with E-state index < -0.39 is 5.97 Å². The summed E-state index contributed by atoms with van der Waals surface area (Å²) in [5, 5.41) is 9.01. The summed E-state index contributed by atoms with van der Waals surface area (Å²) >= 11 is 0. The molecular weight excluding hydrogens is 192 g/mol. The fraction of sp³-hybridized carbons (Fsp3) is 0.417. The van der Waals surface area contributed by atoms with Crippen molar-refractivity contribution in [3.63, 3.8) is 0 Å². The molecular formula is C12H16O3. The van der Waals surface area contributed by atoms with Crippen LogP contribution in [0.25, 0.3) is 0 Å². The van der Waals surface area contributed by atoms with E-state index in [1.807, 2.05) is 33.8 Å². The highest BCUT2D eigenvalue weighted by molar-refractivity contribution is 5.91. The molecule has 82 valence electrons. The minimum Gasteiger partial charge on any atom is -0.487 e. The van der Waals surface area contributed by atoms with E-state index in [4.69, 9.17) is 9.84 Å². The van der Waals surface area contributed by atoms with Crippen LogP contribution in [0.3, 0.4) is 0 Å². The van der Waals surface area contributed by atoms with Gasteiger partial charge in [-0.2, -0.15) is 0 Å². The van der Waals surface area contributed by atoms with E-state index in [2.05, 4.69) is 0 Å². The minimum atomic E-state index is -0.960. The van der Waals surface area contributed by atoms with Crippen LogP contribution in [-0.2, 0) is 0 Å². The molecule has 0 bridgehead atoms. The molecule has 0 aromatic heterocycles. The maximum absolute atomic E-state index is 11.0. The Hall–Kier alpha value is -1.51. The first kappa shape index (κ1) is 11.6. The van der Waals surface area contributed by atoms with Crippen molar-refractivity contribution in [3.8, 4) is 5.75 Å². The molecule has 0 saturated heterocycles. The summed E-state index contributed by atoms with van der Waals surface area (Å²) in [6.07, 6.45) is 0. The molecule has 0 amide bonds. The zero-order chi connectivity index (χ0) is 11.6. The number of hydrogen-bond donors (Lipinski definition) is 1. The molecule has 0 aliphatic carbocycles. The number of rotatable bonds is 2. The average Bonchev–Trinajstić information content (AvgIpc) is 2.05. The Morgan fingerprint density at radius 1 is 1.33 bits per heavy atom. The molecule has 0 atom stereocenters. The Balaban J connectivity index is 3.12. The van der Waals surface area contributed by atoms with E-state index in [0.29, 0.717) is 5.75 Å². The molecule has 1 rings (SSSR count). The van der Waals surface area contributed by atoms with Gasteiger partial charge in [0.25, 0.3) is 0 Å². The molecule has 0 heterocycles. The van der Waals surface area contributed by atoms with Gasteiger partial charge < -0.3 is 9.84 Å². The van der Waals surface area contributed by atoms with Gasteiger partial charge in [0.1, 0.15) is 16.9 Å². The van der Waals surface area contributed by atoms with Gasteiger partial charge in [-0.15, -0.1) is 0 Å². The number of benzene rings is 1. The van der Waals surface area contributed by atoms with Crippen molar-refractivity contribution in [2.75, 3.05) is 0 Å². The third kappa shape index (κ3) is 3.27. The number of carboxylic acids is 1. The first-order valence-corrected chi connectivity index (χ1v) is 4.82. The molecule has 0 aliphatic heterocycles. The normalized spacial score (nSPS) is 11.2. The Labute approximate surface area is 89.7 Å². The Morgan fingerprint density at radius 3 is 2.40 bits per heavy atom. The van der Waals surface area contributed by atoms with Crippen LogP contribution in [0.15, 0.2) is 18.2 Å². The summed E-state index contributed by atoms with van der Waals surface area (Å²) in [6.45, 7) is 7.52. The highest BCUT2D eigenvalue weighted by atomic mass is 16.5. The van der Waals surface area contributed by atoms with Gasteiger partial charge in [0, 0.05) is 0 Å². The number of carbonyl (C=O) groups is 1. The van der Waals surface area contributed by atoms with Crippen LogP contribution in [0, 0.1) is 6.92 Å². The molecule has 3 nitrogen and oxygen atoms in total. The van der Waals surface area contributed by atoms with Crippen LogP contribution >= 0.6 is 0 Å². The quantitative estimate of drug-likeness (QED) is 0.812. The molecule has 0 spiro atoms. The maximum Gasteiger partial charge on any atom is 0.339 e. The molecule has 1 N–H and O–H groups in total. The van der Waals surface area contributed by atoms with Crippen molar-refractivity contribution in [3.05, 3.63) is 29.3 Å². The molecule has 0 fully saturated rings. The van der Waals surface area contributed by atoms with Gasteiger partial charge in [-0.05, 0) is 39.8 Å². The molecule has 0 unspecified atom stereocenters. The summed E-state index contributed by atoms with van der Waals surface area (Å²) in [4.78, 5) is 11.0. The van der Waals surface area contributed by atoms with E-state index in [0.717, 1.165) is 5.56 Å². The summed E-state index contributed by atoms with van der Waals surface area (Å²) in [7, 11) is 0. The fourth-order valence-electron chi connectivity index (χ4n) is 1.23. The predicted molar refractivity (Wildman–Crippen MR) is 58.5 cm³/mol. The molecule has 0 saturated carbocycles. The third-order valence-electron chi connectivity index (χ3n) is 1.78. The first-order valence-electron chi connectivity index (χ1n) is 4.82. The average molecular weight is 208 g/mol. The lowest BCUT2D eigenvalue weighted by molar-refractivity contribution is 0.0681.